The normalized spacial score (nSPS) is 12.7. The Kier molecular flexibility index (Phi) is 5.68. The summed E-state index contributed by atoms with van der Waals surface area (Å²) in [6.07, 6.45) is 0. The number of rotatable bonds is 5. The molecule has 105 valence electrons. The SMILES string of the molecule is CC(C)c1cccc(C(C)C)c1N=[Si]O[Si](C)(C)C. The molecule has 0 aliphatic rings. The van der Waals surface area contributed by atoms with Gasteiger partial charge < -0.3 is 4.12 Å². The van der Waals surface area contributed by atoms with E-state index in [-0.39, 0.29) is 9.56 Å². The van der Waals surface area contributed by atoms with Crippen molar-refractivity contribution in [1.29, 1.82) is 0 Å². The lowest BCUT2D eigenvalue weighted by Gasteiger charge is -2.18. The summed E-state index contributed by atoms with van der Waals surface area (Å²) in [6, 6.07) is 6.52. The molecule has 0 aliphatic carbocycles. The van der Waals surface area contributed by atoms with Gasteiger partial charge in [-0.1, -0.05) is 45.9 Å². The minimum Gasteiger partial charge on any atom is -0.590 e. The Labute approximate surface area is 121 Å². The van der Waals surface area contributed by atoms with Gasteiger partial charge in [0, 0.05) is 0 Å². The molecule has 0 aromatic heterocycles. The van der Waals surface area contributed by atoms with Gasteiger partial charge in [0.15, 0.2) is 0 Å². The van der Waals surface area contributed by atoms with Crippen molar-refractivity contribution in [2.45, 2.75) is 59.2 Å². The smallest absolute Gasteiger partial charge is 0.411 e. The Hall–Kier alpha value is -0.746. The Balaban J connectivity index is 3.15. The van der Waals surface area contributed by atoms with Crippen molar-refractivity contribution in [3.05, 3.63) is 29.3 Å². The maximum Gasteiger partial charge on any atom is 0.411 e. The summed E-state index contributed by atoms with van der Waals surface area (Å²) < 4.78 is 10.7. The molecule has 0 amide bonds. The second-order valence-electron chi connectivity index (χ2n) is 6.51. The molecule has 0 saturated carbocycles. The number of benzene rings is 1. The van der Waals surface area contributed by atoms with Crippen molar-refractivity contribution < 1.29 is 4.12 Å². The summed E-state index contributed by atoms with van der Waals surface area (Å²) in [5.41, 5.74) is 3.82. The molecule has 0 heterocycles. The van der Waals surface area contributed by atoms with Gasteiger partial charge in [0.2, 0.25) is 8.32 Å². The molecule has 0 unspecified atom stereocenters. The standard InChI is InChI=1S/C15H26NOSi2/c1-11(2)13-9-8-10-14(12(3)4)15(13)16-18-17-19(5,6)7/h8-12H,1-7H3. The van der Waals surface area contributed by atoms with E-state index in [9.17, 15) is 0 Å². The second kappa shape index (κ2) is 6.61. The topological polar surface area (TPSA) is 21.6 Å². The van der Waals surface area contributed by atoms with Crippen LogP contribution in [0.4, 0.5) is 5.69 Å². The zero-order valence-electron chi connectivity index (χ0n) is 13.2. The van der Waals surface area contributed by atoms with Gasteiger partial charge in [-0.2, -0.15) is 0 Å². The highest BCUT2D eigenvalue weighted by molar-refractivity contribution is 6.72. The summed E-state index contributed by atoms with van der Waals surface area (Å²) in [4.78, 5) is 0. The minimum absolute atomic E-state index is 0.226. The molecule has 0 saturated heterocycles. The maximum atomic E-state index is 5.90. The molecule has 19 heavy (non-hydrogen) atoms. The van der Waals surface area contributed by atoms with Crippen LogP contribution in [-0.2, 0) is 4.12 Å². The van der Waals surface area contributed by atoms with Crippen LogP contribution in [0.3, 0.4) is 0 Å². The molecule has 4 heteroatoms. The fraction of sp³-hybridized carbons (Fsp3) is 0.600. The quantitative estimate of drug-likeness (QED) is 0.682. The van der Waals surface area contributed by atoms with Gasteiger partial charge in [0.25, 0.3) is 0 Å². The maximum absolute atomic E-state index is 5.90. The van der Waals surface area contributed by atoms with Crippen LogP contribution < -0.4 is 0 Å². The van der Waals surface area contributed by atoms with E-state index in [0.29, 0.717) is 11.8 Å². The lowest BCUT2D eigenvalue weighted by Crippen LogP contribution is -2.24. The third-order valence-electron chi connectivity index (χ3n) is 2.85. The van der Waals surface area contributed by atoms with Gasteiger partial charge in [-0.15, -0.1) is 0 Å². The fourth-order valence-electron chi connectivity index (χ4n) is 1.85. The van der Waals surface area contributed by atoms with Gasteiger partial charge in [0.1, 0.15) is 0 Å². The summed E-state index contributed by atoms with van der Waals surface area (Å²) in [5, 5.41) is 0. The van der Waals surface area contributed by atoms with Gasteiger partial charge in [0.05, 0.1) is 5.69 Å². The van der Waals surface area contributed by atoms with Crippen molar-refractivity contribution in [2.24, 2.45) is 4.63 Å². The molecule has 0 spiro atoms. The lowest BCUT2D eigenvalue weighted by atomic mass is 9.93. The van der Waals surface area contributed by atoms with E-state index in [0.717, 1.165) is 5.69 Å². The zero-order valence-corrected chi connectivity index (χ0v) is 15.2. The molecule has 0 fully saturated rings. The molecular formula is C15H26NOSi2. The lowest BCUT2D eigenvalue weighted by molar-refractivity contribution is 0.608. The number of nitrogens with zero attached hydrogens (tertiary/aromatic N) is 1. The van der Waals surface area contributed by atoms with Gasteiger partial charge in [-0.25, -0.2) is 0 Å². The third kappa shape index (κ3) is 5.03. The first-order valence-corrected chi connectivity index (χ1v) is 11.2. The summed E-state index contributed by atoms with van der Waals surface area (Å²) in [5.74, 6) is 0.989. The average Bonchev–Trinajstić information content (AvgIpc) is 2.26. The Morgan fingerprint density at radius 3 is 1.84 bits per heavy atom. The third-order valence-corrected chi connectivity index (χ3v) is 5.98. The van der Waals surface area contributed by atoms with Crippen molar-refractivity contribution in [3.63, 3.8) is 0 Å². The van der Waals surface area contributed by atoms with Gasteiger partial charge >= 0.3 is 9.56 Å². The van der Waals surface area contributed by atoms with Crippen molar-refractivity contribution >= 4 is 23.6 Å². The highest BCUT2D eigenvalue weighted by Gasteiger charge is 2.15. The molecule has 2 nitrogen and oxygen atoms in total. The van der Waals surface area contributed by atoms with Crippen LogP contribution in [0.15, 0.2) is 22.8 Å². The molecule has 1 rings (SSSR count). The zero-order chi connectivity index (χ0) is 14.6. The second-order valence-corrected chi connectivity index (χ2v) is 12.0. The van der Waals surface area contributed by atoms with E-state index in [1.54, 1.807) is 0 Å². The molecular weight excluding hydrogens is 266 g/mol. The van der Waals surface area contributed by atoms with E-state index >= 15 is 0 Å². The van der Waals surface area contributed by atoms with Crippen LogP contribution in [0.25, 0.3) is 0 Å². The summed E-state index contributed by atoms with van der Waals surface area (Å²) in [7, 11) is -1.26. The average molecular weight is 293 g/mol. The monoisotopic (exact) mass is 292 g/mol. The number of hydrogen-bond donors (Lipinski definition) is 0. The molecule has 0 aliphatic heterocycles. The fourth-order valence-corrected chi connectivity index (χ4v) is 3.47. The summed E-state index contributed by atoms with van der Waals surface area (Å²) in [6.45, 7) is 15.5. The van der Waals surface area contributed by atoms with Crippen LogP contribution in [0.2, 0.25) is 19.6 Å². The van der Waals surface area contributed by atoms with Gasteiger partial charge in [-0.3, -0.25) is 4.63 Å². The van der Waals surface area contributed by atoms with E-state index in [1.165, 1.54) is 11.1 Å². The molecule has 1 aromatic carbocycles. The predicted molar refractivity (Wildman–Crippen MR) is 86.9 cm³/mol. The Morgan fingerprint density at radius 2 is 1.47 bits per heavy atom. The van der Waals surface area contributed by atoms with Crippen LogP contribution >= 0.6 is 0 Å². The van der Waals surface area contributed by atoms with Crippen molar-refractivity contribution in [2.75, 3.05) is 0 Å². The van der Waals surface area contributed by atoms with E-state index < -0.39 is 8.32 Å². The number of hydrogen-bond acceptors (Lipinski definition) is 2. The molecule has 0 bridgehead atoms. The largest absolute Gasteiger partial charge is 0.590 e. The first-order valence-electron chi connectivity index (χ1n) is 6.99. The van der Waals surface area contributed by atoms with E-state index in [4.69, 9.17) is 8.75 Å². The first-order chi connectivity index (χ1) is 8.72. The van der Waals surface area contributed by atoms with Crippen LogP contribution in [0.1, 0.15) is 50.7 Å². The summed E-state index contributed by atoms with van der Waals surface area (Å²) >= 11 is 0. The van der Waals surface area contributed by atoms with E-state index in [1.807, 2.05) is 0 Å². The highest BCUT2D eigenvalue weighted by Crippen LogP contribution is 2.34. The molecule has 0 atom stereocenters. The van der Waals surface area contributed by atoms with Crippen LogP contribution in [0, 0.1) is 0 Å². The predicted octanol–water partition coefficient (Wildman–Crippen LogP) is 5.22. The van der Waals surface area contributed by atoms with E-state index in [2.05, 4.69) is 65.5 Å². The highest BCUT2D eigenvalue weighted by atomic mass is 28.4. The Morgan fingerprint density at radius 1 is 1.00 bits per heavy atom. The van der Waals surface area contributed by atoms with Crippen LogP contribution in [0.5, 0.6) is 0 Å². The molecule has 1 aromatic rings. The van der Waals surface area contributed by atoms with Gasteiger partial charge in [-0.05, 0) is 42.6 Å². The molecule has 1 radical (unpaired) electrons. The van der Waals surface area contributed by atoms with Crippen molar-refractivity contribution in [3.8, 4) is 0 Å². The molecule has 0 N–H and O–H groups in total. The minimum atomic E-state index is -1.48. The Bertz CT molecular complexity index is 422. The van der Waals surface area contributed by atoms with Crippen molar-refractivity contribution in [1.82, 2.24) is 0 Å². The van der Waals surface area contributed by atoms with Crippen LogP contribution in [-0.4, -0.2) is 17.9 Å². The first kappa shape index (κ1) is 16.3.